The highest BCUT2D eigenvalue weighted by Gasteiger charge is 2.07. The minimum absolute atomic E-state index is 0.0297. The van der Waals surface area contributed by atoms with Crippen molar-refractivity contribution in [3.05, 3.63) is 35.5 Å². The van der Waals surface area contributed by atoms with E-state index in [2.05, 4.69) is 0 Å². The fourth-order valence-corrected chi connectivity index (χ4v) is 1.48. The summed E-state index contributed by atoms with van der Waals surface area (Å²) in [5, 5.41) is 8.84. The van der Waals surface area contributed by atoms with E-state index in [1.807, 2.05) is 12.3 Å². The molecule has 0 amide bonds. The molecule has 0 aliphatic rings. The van der Waals surface area contributed by atoms with E-state index in [4.69, 9.17) is 5.11 Å². The third-order valence-corrected chi connectivity index (χ3v) is 2.65. The first-order valence-corrected chi connectivity index (χ1v) is 5.18. The molecule has 0 saturated heterocycles. The summed E-state index contributed by atoms with van der Waals surface area (Å²) in [5.74, 6) is 0.560. The lowest BCUT2D eigenvalue weighted by atomic mass is 10.0. The first kappa shape index (κ1) is 10.5. The Morgan fingerprint density at radius 3 is 2.69 bits per heavy atom. The quantitative estimate of drug-likeness (QED) is 0.755. The second-order valence-corrected chi connectivity index (χ2v) is 3.64. The fraction of sp³-hybridized carbons (Fsp3) is 0.300. The van der Waals surface area contributed by atoms with Crippen LogP contribution in [0, 0.1) is 11.7 Å². The molecule has 1 radical (unpaired) electrons. The summed E-state index contributed by atoms with van der Waals surface area (Å²) < 4.78 is 13.2. The number of benzene rings is 1. The predicted octanol–water partition coefficient (Wildman–Crippen LogP) is 2.48. The predicted molar refractivity (Wildman–Crippen MR) is 53.3 cm³/mol. The number of aliphatic hydroxyl groups is 1. The molecule has 0 atom stereocenters. The highest BCUT2D eigenvalue weighted by molar-refractivity contribution is 7.98. The Hall–Kier alpha value is -0.540. The van der Waals surface area contributed by atoms with Gasteiger partial charge in [-0.05, 0) is 24.0 Å². The topological polar surface area (TPSA) is 20.2 Å². The van der Waals surface area contributed by atoms with Crippen molar-refractivity contribution < 1.29 is 9.50 Å². The van der Waals surface area contributed by atoms with E-state index in [-0.39, 0.29) is 12.4 Å². The standard InChI is InChI=1S/C10H12FOS/c1-7(6-12)8-3-4-10(13-2)9(11)5-8/h3-5,12H,6H2,1-2H3. The average molecular weight is 199 g/mol. The summed E-state index contributed by atoms with van der Waals surface area (Å²) in [4.78, 5) is 0.634. The van der Waals surface area contributed by atoms with Crippen molar-refractivity contribution in [1.29, 1.82) is 0 Å². The molecule has 0 heterocycles. The lowest BCUT2D eigenvalue weighted by Gasteiger charge is -2.08. The smallest absolute Gasteiger partial charge is 0.137 e. The number of aliphatic hydroxyl groups excluding tert-OH is 1. The van der Waals surface area contributed by atoms with Crippen molar-refractivity contribution >= 4 is 11.8 Å². The Morgan fingerprint density at radius 1 is 1.54 bits per heavy atom. The van der Waals surface area contributed by atoms with E-state index in [0.717, 1.165) is 11.5 Å². The van der Waals surface area contributed by atoms with Crippen molar-refractivity contribution in [2.45, 2.75) is 11.8 Å². The molecule has 1 N–H and O–H groups in total. The van der Waals surface area contributed by atoms with Crippen molar-refractivity contribution in [2.24, 2.45) is 0 Å². The third kappa shape index (κ3) is 2.45. The molecule has 1 aromatic carbocycles. The first-order valence-electron chi connectivity index (χ1n) is 3.96. The molecule has 71 valence electrons. The summed E-state index contributed by atoms with van der Waals surface area (Å²) in [6, 6.07) is 5.01. The molecule has 0 spiro atoms. The monoisotopic (exact) mass is 199 g/mol. The van der Waals surface area contributed by atoms with E-state index < -0.39 is 0 Å². The average Bonchev–Trinajstić information content (AvgIpc) is 2.16. The number of rotatable bonds is 3. The van der Waals surface area contributed by atoms with Gasteiger partial charge >= 0.3 is 0 Å². The third-order valence-electron chi connectivity index (χ3n) is 1.88. The van der Waals surface area contributed by atoms with Gasteiger partial charge in [0, 0.05) is 10.8 Å². The molecular formula is C10H12FOS. The van der Waals surface area contributed by atoms with Gasteiger partial charge in [-0.25, -0.2) is 4.39 Å². The van der Waals surface area contributed by atoms with Crippen LogP contribution in [0.5, 0.6) is 0 Å². The Kier molecular flexibility index (Phi) is 3.75. The number of halogens is 1. The molecule has 0 aliphatic heterocycles. The normalized spacial score (nSPS) is 10.8. The van der Waals surface area contributed by atoms with Crippen molar-refractivity contribution in [1.82, 2.24) is 0 Å². The van der Waals surface area contributed by atoms with Gasteiger partial charge in [0.2, 0.25) is 0 Å². The second kappa shape index (κ2) is 4.63. The molecule has 13 heavy (non-hydrogen) atoms. The van der Waals surface area contributed by atoms with E-state index in [9.17, 15) is 4.39 Å². The van der Waals surface area contributed by atoms with Gasteiger partial charge < -0.3 is 5.11 Å². The number of thioether (sulfide) groups is 1. The van der Waals surface area contributed by atoms with Crippen molar-refractivity contribution in [3.63, 3.8) is 0 Å². The second-order valence-electron chi connectivity index (χ2n) is 2.79. The highest BCUT2D eigenvalue weighted by Crippen LogP contribution is 2.23. The number of hydrogen-bond donors (Lipinski definition) is 1. The van der Waals surface area contributed by atoms with Crippen LogP contribution in [0.3, 0.4) is 0 Å². The van der Waals surface area contributed by atoms with Crippen molar-refractivity contribution in [3.8, 4) is 0 Å². The van der Waals surface area contributed by atoms with Crippen LogP contribution in [-0.2, 0) is 0 Å². The largest absolute Gasteiger partial charge is 0.395 e. The van der Waals surface area contributed by atoms with Crippen LogP contribution in [0.15, 0.2) is 23.1 Å². The van der Waals surface area contributed by atoms with Crippen LogP contribution in [0.25, 0.3) is 0 Å². The van der Waals surface area contributed by atoms with Crippen molar-refractivity contribution in [2.75, 3.05) is 12.9 Å². The molecule has 0 aromatic heterocycles. The van der Waals surface area contributed by atoms with E-state index in [0.29, 0.717) is 4.90 Å². The molecule has 1 aromatic rings. The fourth-order valence-electron chi connectivity index (χ4n) is 1.02. The molecule has 0 saturated carbocycles. The Bertz CT molecular complexity index is 288. The van der Waals surface area contributed by atoms with Gasteiger partial charge in [0.1, 0.15) is 5.82 Å². The minimum Gasteiger partial charge on any atom is -0.395 e. The number of hydrogen-bond acceptors (Lipinski definition) is 2. The molecule has 3 heteroatoms. The van der Waals surface area contributed by atoms with Gasteiger partial charge in [-0.1, -0.05) is 13.0 Å². The summed E-state index contributed by atoms with van der Waals surface area (Å²) in [5.41, 5.74) is 0.762. The molecular weight excluding hydrogens is 187 g/mol. The molecule has 0 unspecified atom stereocenters. The summed E-state index contributed by atoms with van der Waals surface area (Å²) in [6.45, 7) is 1.76. The van der Waals surface area contributed by atoms with E-state index in [1.165, 1.54) is 17.8 Å². The van der Waals surface area contributed by atoms with Crippen LogP contribution in [-0.4, -0.2) is 18.0 Å². The Balaban J connectivity index is 2.95. The van der Waals surface area contributed by atoms with Crippen LogP contribution in [0.2, 0.25) is 0 Å². The zero-order valence-electron chi connectivity index (χ0n) is 7.67. The maximum absolute atomic E-state index is 13.2. The lowest BCUT2D eigenvalue weighted by molar-refractivity contribution is 0.315. The molecule has 0 bridgehead atoms. The molecule has 1 rings (SSSR count). The summed E-state index contributed by atoms with van der Waals surface area (Å²) in [7, 11) is 0. The molecule has 0 fully saturated rings. The zero-order chi connectivity index (χ0) is 9.84. The molecule has 1 nitrogen and oxygen atoms in total. The van der Waals surface area contributed by atoms with E-state index in [1.54, 1.807) is 13.0 Å². The zero-order valence-corrected chi connectivity index (χ0v) is 8.49. The van der Waals surface area contributed by atoms with Crippen LogP contribution in [0.1, 0.15) is 12.5 Å². The van der Waals surface area contributed by atoms with Gasteiger partial charge in [-0.2, -0.15) is 0 Å². The Labute approximate surface area is 82.0 Å². The maximum Gasteiger partial charge on any atom is 0.137 e. The SMILES string of the molecule is CSc1ccc([C](C)CO)cc1F. The van der Waals surface area contributed by atoms with Crippen LogP contribution in [0.4, 0.5) is 4.39 Å². The van der Waals surface area contributed by atoms with E-state index >= 15 is 0 Å². The van der Waals surface area contributed by atoms with Crippen LogP contribution < -0.4 is 0 Å². The van der Waals surface area contributed by atoms with Gasteiger partial charge in [0.25, 0.3) is 0 Å². The van der Waals surface area contributed by atoms with Gasteiger partial charge in [-0.3, -0.25) is 0 Å². The lowest BCUT2D eigenvalue weighted by Crippen LogP contribution is -2.00. The first-order chi connectivity index (χ1) is 6.19. The maximum atomic E-state index is 13.2. The van der Waals surface area contributed by atoms with Gasteiger partial charge in [0.15, 0.2) is 0 Å². The van der Waals surface area contributed by atoms with Crippen LogP contribution >= 0.6 is 11.8 Å². The Morgan fingerprint density at radius 2 is 2.23 bits per heavy atom. The van der Waals surface area contributed by atoms with Gasteiger partial charge in [0.05, 0.1) is 6.61 Å². The summed E-state index contributed by atoms with van der Waals surface area (Å²) >= 11 is 1.38. The highest BCUT2D eigenvalue weighted by atomic mass is 32.2. The summed E-state index contributed by atoms with van der Waals surface area (Å²) in [6.07, 6.45) is 1.83. The van der Waals surface area contributed by atoms with Gasteiger partial charge in [-0.15, -0.1) is 11.8 Å². The molecule has 0 aliphatic carbocycles. The minimum atomic E-state index is -0.224.